The van der Waals surface area contributed by atoms with E-state index in [1.165, 1.54) is 11.8 Å². The van der Waals surface area contributed by atoms with E-state index in [0.29, 0.717) is 22.6 Å². The van der Waals surface area contributed by atoms with Crippen LogP contribution in [-0.2, 0) is 12.2 Å². The van der Waals surface area contributed by atoms with Crippen LogP contribution in [0.25, 0.3) is 5.78 Å². The van der Waals surface area contributed by atoms with Gasteiger partial charge in [-0.2, -0.15) is 9.97 Å². The van der Waals surface area contributed by atoms with Crippen molar-refractivity contribution in [2.24, 2.45) is 0 Å². The molecule has 3 heterocycles. The molecule has 0 atom stereocenters. The number of aromatic nitrogens is 6. The molecule has 20 heavy (non-hydrogen) atoms. The van der Waals surface area contributed by atoms with E-state index >= 15 is 0 Å². The molecule has 104 valence electrons. The first-order valence-corrected chi connectivity index (χ1v) is 7.29. The number of hydrogen-bond donors (Lipinski definition) is 0. The standard InChI is InChI=1S/C12H14N6OS/c1-4-9-14-10(19-17-9)6-20-12-15-11-13-7(2)5-8(3)18(11)16-12/h5H,4,6H2,1-3H3. The monoisotopic (exact) mass is 290 g/mol. The summed E-state index contributed by atoms with van der Waals surface area (Å²) in [6.07, 6.45) is 0.767. The minimum Gasteiger partial charge on any atom is -0.338 e. The third-order valence-corrected chi connectivity index (χ3v) is 3.57. The van der Waals surface area contributed by atoms with Gasteiger partial charge in [0.25, 0.3) is 5.78 Å². The third kappa shape index (κ3) is 2.51. The smallest absolute Gasteiger partial charge is 0.253 e. The second-order valence-corrected chi connectivity index (χ2v) is 5.33. The van der Waals surface area contributed by atoms with Gasteiger partial charge in [0, 0.05) is 17.8 Å². The molecule has 3 rings (SSSR count). The molecule has 0 aliphatic heterocycles. The third-order valence-electron chi connectivity index (χ3n) is 2.75. The fourth-order valence-electron chi connectivity index (χ4n) is 1.83. The maximum Gasteiger partial charge on any atom is 0.253 e. The lowest BCUT2D eigenvalue weighted by molar-refractivity contribution is 0.385. The topological polar surface area (TPSA) is 82.0 Å². The molecule has 0 aliphatic rings. The van der Waals surface area contributed by atoms with Crippen molar-refractivity contribution >= 4 is 17.5 Å². The quantitative estimate of drug-likeness (QED) is 0.679. The number of thioether (sulfide) groups is 1. The summed E-state index contributed by atoms with van der Waals surface area (Å²) in [5, 5.41) is 8.92. The summed E-state index contributed by atoms with van der Waals surface area (Å²) in [5.74, 6) is 2.48. The average molecular weight is 290 g/mol. The normalized spacial score (nSPS) is 11.3. The van der Waals surface area contributed by atoms with E-state index in [2.05, 4.69) is 25.2 Å². The first-order chi connectivity index (χ1) is 9.65. The highest BCUT2D eigenvalue weighted by Gasteiger charge is 2.11. The van der Waals surface area contributed by atoms with Crippen LogP contribution in [0.4, 0.5) is 0 Å². The first kappa shape index (κ1) is 13.0. The van der Waals surface area contributed by atoms with E-state index in [4.69, 9.17) is 4.52 Å². The molecule has 0 fully saturated rings. The second-order valence-electron chi connectivity index (χ2n) is 4.39. The van der Waals surface area contributed by atoms with Gasteiger partial charge in [0.1, 0.15) is 0 Å². The second kappa shape index (κ2) is 5.20. The van der Waals surface area contributed by atoms with Crippen molar-refractivity contribution in [2.45, 2.75) is 38.1 Å². The summed E-state index contributed by atoms with van der Waals surface area (Å²) >= 11 is 1.46. The predicted octanol–water partition coefficient (Wildman–Crippen LogP) is 1.98. The van der Waals surface area contributed by atoms with Gasteiger partial charge in [-0.25, -0.2) is 9.50 Å². The molecule has 0 unspecified atom stereocenters. The van der Waals surface area contributed by atoms with Gasteiger partial charge >= 0.3 is 0 Å². The molecule has 0 saturated heterocycles. The molecule has 3 aromatic heterocycles. The molecule has 0 aromatic carbocycles. The lowest BCUT2D eigenvalue weighted by Crippen LogP contribution is -1.97. The van der Waals surface area contributed by atoms with Gasteiger partial charge in [0.05, 0.1) is 5.75 Å². The minimum atomic E-state index is 0.557. The highest BCUT2D eigenvalue weighted by molar-refractivity contribution is 7.98. The van der Waals surface area contributed by atoms with Crippen molar-refractivity contribution in [3.63, 3.8) is 0 Å². The lowest BCUT2D eigenvalue weighted by Gasteiger charge is -1.97. The molecule has 0 bridgehead atoms. The van der Waals surface area contributed by atoms with Gasteiger partial charge in [-0.15, -0.1) is 5.10 Å². The maximum atomic E-state index is 5.13. The van der Waals surface area contributed by atoms with E-state index in [-0.39, 0.29) is 0 Å². The Kier molecular flexibility index (Phi) is 3.39. The van der Waals surface area contributed by atoms with Gasteiger partial charge in [-0.3, -0.25) is 0 Å². The summed E-state index contributed by atoms with van der Waals surface area (Å²) in [5.41, 5.74) is 1.95. The average Bonchev–Trinajstić information content (AvgIpc) is 3.02. The van der Waals surface area contributed by atoms with Crippen molar-refractivity contribution < 1.29 is 4.52 Å². The van der Waals surface area contributed by atoms with E-state index in [0.717, 1.165) is 23.6 Å². The zero-order chi connectivity index (χ0) is 14.1. The van der Waals surface area contributed by atoms with Crippen molar-refractivity contribution in [3.05, 3.63) is 29.2 Å². The summed E-state index contributed by atoms with van der Waals surface area (Å²) in [7, 11) is 0. The molecule has 0 aliphatic carbocycles. The Morgan fingerprint density at radius 2 is 2.10 bits per heavy atom. The molecule has 0 spiro atoms. The fraction of sp³-hybridized carbons (Fsp3) is 0.417. The summed E-state index contributed by atoms with van der Waals surface area (Å²) in [4.78, 5) is 13.0. The Morgan fingerprint density at radius 3 is 2.85 bits per heavy atom. The van der Waals surface area contributed by atoms with Crippen molar-refractivity contribution in [1.29, 1.82) is 0 Å². The molecule has 8 heteroatoms. The van der Waals surface area contributed by atoms with Crippen LogP contribution in [0.15, 0.2) is 15.7 Å². The number of rotatable bonds is 4. The minimum absolute atomic E-state index is 0.557. The lowest BCUT2D eigenvalue weighted by atomic mass is 10.4. The van der Waals surface area contributed by atoms with Crippen LogP contribution in [0.2, 0.25) is 0 Å². The number of hydrogen-bond acceptors (Lipinski definition) is 7. The SMILES string of the molecule is CCc1noc(CSc2nc3nc(C)cc(C)n3n2)n1. The Morgan fingerprint density at radius 1 is 1.25 bits per heavy atom. The van der Waals surface area contributed by atoms with Crippen LogP contribution in [0, 0.1) is 13.8 Å². The van der Waals surface area contributed by atoms with Crippen LogP contribution in [-0.4, -0.2) is 29.7 Å². The van der Waals surface area contributed by atoms with E-state index in [1.54, 1.807) is 4.52 Å². The molecular formula is C12H14N6OS. The Hall–Kier alpha value is -1.96. The Balaban J connectivity index is 1.79. The van der Waals surface area contributed by atoms with Gasteiger partial charge in [0.15, 0.2) is 5.82 Å². The van der Waals surface area contributed by atoms with Crippen molar-refractivity contribution in [2.75, 3.05) is 0 Å². The van der Waals surface area contributed by atoms with Crippen molar-refractivity contribution in [1.82, 2.24) is 29.7 Å². The fourth-order valence-corrected chi connectivity index (χ4v) is 2.48. The summed E-state index contributed by atoms with van der Waals surface area (Å²) < 4.78 is 6.87. The molecule has 0 radical (unpaired) electrons. The van der Waals surface area contributed by atoms with Gasteiger partial charge in [-0.05, 0) is 19.9 Å². The van der Waals surface area contributed by atoms with E-state index in [9.17, 15) is 0 Å². The van der Waals surface area contributed by atoms with Gasteiger partial charge < -0.3 is 4.52 Å². The largest absolute Gasteiger partial charge is 0.338 e. The maximum absolute atomic E-state index is 5.13. The molecular weight excluding hydrogens is 276 g/mol. The summed E-state index contributed by atoms with van der Waals surface area (Å²) in [6, 6.07) is 1.97. The Labute approximate surface area is 119 Å². The zero-order valence-corrected chi connectivity index (χ0v) is 12.3. The highest BCUT2D eigenvalue weighted by atomic mass is 32.2. The van der Waals surface area contributed by atoms with Gasteiger partial charge in [0.2, 0.25) is 11.0 Å². The van der Waals surface area contributed by atoms with E-state index in [1.807, 2.05) is 26.8 Å². The van der Waals surface area contributed by atoms with Crippen LogP contribution in [0.1, 0.15) is 30.0 Å². The highest BCUT2D eigenvalue weighted by Crippen LogP contribution is 2.19. The van der Waals surface area contributed by atoms with Crippen LogP contribution < -0.4 is 0 Å². The Bertz CT molecular complexity index is 750. The predicted molar refractivity (Wildman–Crippen MR) is 73.5 cm³/mol. The molecule has 7 nitrogen and oxygen atoms in total. The molecule has 3 aromatic rings. The van der Waals surface area contributed by atoms with Crippen LogP contribution in [0.5, 0.6) is 0 Å². The molecule has 0 saturated carbocycles. The summed E-state index contributed by atoms with van der Waals surface area (Å²) in [6.45, 7) is 5.91. The number of fused-ring (bicyclic) bond motifs is 1. The van der Waals surface area contributed by atoms with E-state index < -0.39 is 0 Å². The van der Waals surface area contributed by atoms with Gasteiger partial charge in [-0.1, -0.05) is 23.8 Å². The number of nitrogens with zero attached hydrogens (tertiary/aromatic N) is 6. The number of aryl methyl sites for hydroxylation is 3. The molecule has 0 N–H and O–H groups in total. The zero-order valence-electron chi connectivity index (χ0n) is 11.5. The molecule has 0 amide bonds. The van der Waals surface area contributed by atoms with Crippen molar-refractivity contribution in [3.8, 4) is 0 Å². The van der Waals surface area contributed by atoms with Crippen LogP contribution in [0.3, 0.4) is 0 Å². The first-order valence-electron chi connectivity index (χ1n) is 6.31. The van der Waals surface area contributed by atoms with Crippen LogP contribution >= 0.6 is 11.8 Å².